The number of aromatic nitrogens is 2. The van der Waals surface area contributed by atoms with Crippen molar-refractivity contribution < 1.29 is 9.53 Å². The van der Waals surface area contributed by atoms with Gasteiger partial charge in [-0.1, -0.05) is 12.8 Å². The van der Waals surface area contributed by atoms with Gasteiger partial charge in [0.2, 0.25) is 5.95 Å². The van der Waals surface area contributed by atoms with Gasteiger partial charge in [0.1, 0.15) is 5.60 Å². The van der Waals surface area contributed by atoms with Crippen LogP contribution in [-0.2, 0) is 4.74 Å². The molecule has 1 aromatic rings. The van der Waals surface area contributed by atoms with Gasteiger partial charge < -0.3 is 26.0 Å². The molecule has 2 rings (SSSR count). The van der Waals surface area contributed by atoms with Gasteiger partial charge in [-0.3, -0.25) is 0 Å². The van der Waals surface area contributed by atoms with E-state index in [1.54, 1.807) is 13.2 Å². The third-order valence-electron chi connectivity index (χ3n) is 3.95. The topological polar surface area (TPSA) is 105 Å². The zero-order chi connectivity index (χ0) is 18.4. The summed E-state index contributed by atoms with van der Waals surface area (Å²) in [5, 5.41) is 6.51. The fourth-order valence-corrected chi connectivity index (χ4v) is 2.63. The maximum atomic E-state index is 11.9. The van der Waals surface area contributed by atoms with Crippen molar-refractivity contribution in [2.24, 2.45) is 0 Å². The maximum Gasteiger partial charge on any atom is 0.410 e. The Morgan fingerprint density at radius 2 is 2.08 bits per heavy atom. The second-order valence-corrected chi connectivity index (χ2v) is 7.45. The molecule has 8 nitrogen and oxygen atoms in total. The summed E-state index contributed by atoms with van der Waals surface area (Å²) in [4.78, 5) is 22.1. The van der Waals surface area contributed by atoms with Gasteiger partial charge in [-0.2, -0.15) is 4.98 Å². The predicted molar refractivity (Wildman–Crippen MR) is 99.7 cm³/mol. The summed E-state index contributed by atoms with van der Waals surface area (Å²) < 4.78 is 5.32. The molecule has 0 atom stereocenters. The lowest BCUT2D eigenvalue weighted by Crippen LogP contribution is -2.36. The molecular weight excluding hydrogens is 320 g/mol. The number of likely N-dealkylation sites (N-methyl/N-ethyl adjacent to an activating group) is 1. The van der Waals surface area contributed by atoms with Crippen molar-refractivity contribution in [2.45, 2.75) is 58.1 Å². The number of carbonyl (C=O) groups is 1. The lowest BCUT2D eigenvalue weighted by atomic mass is 10.2. The Kier molecular flexibility index (Phi) is 6.27. The molecular formula is C17H30N6O2. The summed E-state index contributed by atoms with van der Waals surface area (Å²) in [5.74, 6) is 1.16. The van der Waals surface area contributed by atoms with Crippen molar-refractivity contribution >= 4 is 23.5 Å². The molecule has 1 amide bonds. The molecule has 25 heavy (non-hydrogen) atoms. The molecule has 0 spiro atoms. The second kappa shape index (κ2) is 8.22. The fraction of sp³-hybridized carbons (Fsp3) is 0.706. The number of anilines is 3. The minimum atomic E-state index is -0.503. The summed E-state index contributed by atoms with van der Waals surface area (Å²) in [6.45, 7) is 6.52. The highest BCUT2D eigenvalue weighted by molar-refractivity contribution is 5.68. The normalized spacial score (nSPS) is 15.0. The smallest absolute Gasteiger partial charge is 0.410 e. The zero-order valence-corrected chi connectivity index (χ0v) is 15.6. The molecule has 4 N–H and O–H groups in total. The number of nitrogens with two attached hydrogens (primary N) is 1. The van der Waals surface area contributed by atoms with Crippen molar-refractivity contribution in [1.82, 2.24) is 14.9 Å². The molecule has 0 aliphatic heterocycles. The largest absolute Gasteiger partial charge is 0.444 e. The molecule has 1 aromatic heterocycles. The van der Waals surface area contributed by atoms with E-state index >= 15 is 0 Å². The number of nitrogen functional groups attached to an aromatic ring is 1. The van der Waals surface area contributed by atoms with E-state index in [1.165, 1.54) is 17.7 Å². The number of nitrogens with zero attached hydrogens (tertiary/aromatic N) is 3. The molecule has 0 saturated heterocycles. The van der Waals surface area contributed by atoms with Gasteiger partial charge in [-0.05, 0) is 33.6 Å². The van der Waals surface area contributed by atoms with Crippen LogP contribution in [0.4, 0.5) is 22.2 Å². The van der Waals surface area contributed by atoms with Crippen molar-refractivity contribution in [3.8, 4) is 0 Å². The average Bonchev–Trinajstić information content (AvgIpc) is 3.01. The van der Waals surface area contributed by atoms with E-state index in [0.717, 1.165) is 12.8 Å². The summed E-state index contributed by atoms with van der Waals surface area (Å²) in [6.07, 6.45) is 6.04. The quantitative estimate of drug-likeness (QED) is 0.724. The molecule has 140 valence electrons. The van der Waals surface area contributed by atoms with Gasteiger partial charge in [-0.15, -0.1) is 0 Å². The molecule has 0 unspecified atom stereocenters. The number of nitrogens with one attached hydrogen (secondary N) is 2. The highest BCUT2D eigenvalue weighted by atomic mass is 16.6. The molecule has 1 saturated carbocycles. The van der Waals surface area contributed by atoms with Gasteiger partial charge in [0.25, 0.3) is 0 Å². The summed E-state index contributed by atoms with van der Waals surface area (Å²) >= 11 is 0. The first-order chi connectivity index (χ1) is 11.7. The highest BCUT2D eigenvalue weighted by Gasteiger charge is 2.19. The second-order valence-electron chi connectivity index (χ2n) is 7.45. The third kappa shape index (κ3) is 6.28. The van der Waals surface area contributed by atoms with Crippen molar-refractivity contribution in [2.75, 3.05) is 36.5 Å². The zero-order valence-electron chi connectivity index (χ0n) is 15.6. The molecule has 0 bridgehead atoms. The number of carbonyl (C=O) groups excluding carboxylic acids is 1. The van der Waals surface area contributed by atoms with E-state index in [9.17, 15) is 4.79 Å². The molecule has 1 heterocycles. The Morgan fingerprint density at radius 1 is 1.40 bits per heavy atom. The first-order valence-corrected chi connectivity index (χ1v) is 8.81. The maximum absolute atomic E-state index is 11.9. The SMILES string of the molecule is CN(CCNc1nc(NC2CCCC2)ncc1N)C(=O)OC(C)(C)C. The van der Waals surface area contributed by atoms with E-state index in [-0.39, 0.29) is 6.09 Å². The summed E-state index contributed by atoms with van der Waals surface area (Å²) in [6, 6.07) is 0.440. The monoisotopic (exact) mass is 350 g/mol. The minimum absolute atomic E-state index is 0.353. The van der Waals surface area contributed by atoms with Crippen molar-refractivity contribution in [3.63, 3.8) is 0 Å². The van der Waals surface area contributed by atoms with Gasteiger partial charge in [0.05, 0.1) is 11.9 Å². The molecule has 0 radical (unpaired) electrons. The summed E-state index contributed by atoms with van der Waals surface area (Å²) in [5.41, 5.74) is 5.92. The standard InChI is InChI=1S/C17H30N6O2/c1-17(2,3)25-16(24)23(4)10-9-19-14-13(18)11-20-15(22-14)21-12-7-5-6-8-12/h11-12H,5-10,18H2,1-4H3,(H2,19,20,21,22). The first kappa shape index (κ1) is 19.1. The van der Waals surface area contributed by atoms with Crippen LogP contribution in [0.1, 0.15) is 46.5 Å². The Bertz CT molecular complexity index is 581. The number of amides is 1. The Morgan fingerprint density at radius 3 is 2.72 bits per heavy atom. The van der Waals surface area contributed by atoms with E-state index in [4.69, 9.17) is 10.5 Å². The number of ether oxygens (including phenoxy) is 1. The van der Waals surface area contributed by atoms with Crippen LogP contribution in [0.3, 0.4) is 0 Å². The van der Waals surface area contributed by atoms with Gasteiger partial charge >= 0.3 is 6.09 Å². The van der Waals surface area contributed by atoms with Crippen molar-refractivity contribution in [1.29, 1.82) is 0 Å². The van der Waals surface area contributed by atoms with E-state index in [2.05, 4.69) is 20.6 Å². The van der Waals surface area contributed by atoms with E-state index in [0.29, 0.717) is 36.6 Å². The van der Waals surface area contributed by atoms with Crippen LogP contribution in [0.15, 0.2) is 6.20 Å². The average molecular weight is 350 g/mol. The Hall–Kier alpha value is -2.25. The third-order valence-corrected chi connectivity index (χ3v) is 3.95. The van der Waals surface area contributed by atoms with Crippen LogP contribution in [0.5, 0.6) is 0 Å². The molecule has 1 fully saturated rings. The molecule has 8 heteroatoms. The van der Waals surface area contributed by atoms with Gasteiger partial charge in [0, 0.05) is 26.2 Å². The van der Waals surface area contributed by atoms with Crippen LogP contribution < -0.4 is 16.4 Å². The fourth-order valence-electron chi connectivity index (χ4n) is 2.63. The van der Waals surface area contributed by atoms with E-state index in [1.807, 2.05) is 20.8 Å². The number of rotatable bonds is 6. The lowest BCUT2D eigenvalue weighted by molar-refractivity contribution is 0.0305. The van der Waals surface area contributed by atoms with Crippen LogP contribution >= 0.6 is 0 Å². The molecule has 1 aliphatic rings. The van der Waals surface area contributed by atoms with Crippen LogP contribution in [0.2, 0.25) is 0 Å². The lowest BCUT2D eigenvalue weighted by Gasteiger charge is -2.24. The predicted octanol–water partition coefficient (Wildman–Crippen LogP) is 2.69. The number of hydrogen-bond acceptors (Lipinski definition) is 7. The highest BCUT2D eigenvalue weighted by Crippen LogP contribution is 2.22. The Balaban J connectivity index is 1.84. The first-order valence-electron chi connectivity index (χ1n) is 8.81. The van der Waals surface area contributed by atoms with Crippen LogP contribution in [0, 0.1) is 0 Å². The van der Waals surface area contributed by atoms with Gasteiger partial charge in [0.15, 0.2) is 5.82 Å². The molecule has 1 aliphatic carbocycles. The van der Waals surface area contributed by atoms with Crippen LogP contribution in [0.25, 0.3) is 0 Å². The van der Waals surface area contributed by atoms with Crippen molar-refractivity contribution in [3.05, 3.63) is 6.20 Å². The number of hydrogen-bond donors (Lipinski definition) is 3. The summed E-state index contributed by atoms with van der Waals surface area (Å²) in [7, 11) is 1.70. The minimum Gasteiger partial charge on any atom is -0.444 e. The van der Waals surface area contributed by atoms with E-state index < -0.39 is 5.60 Å². The van der Waals surface area contributed by atoms with Crippen LogP contribution in [-0.4, -0.2) is 52.7 Å². The Labute approximate surface area is 149 Å². The van der Waals surface area contributed by atoms with Gasteiger partial charge in [-0.25, -0.2) is 9.78 Å². The molecule has 0 aromatic carbocycles.